The Balaban J connectivity index is 2.26. The number of nitrogens with zero attached hydrogens (tertiary/aromatic N) is 1. The molecule has 0 aliphatic carbocycles. The number of ether oxygens (including phenoxy) is 2. The van der Waals surface area contributed by atoms with Crippen LogP contribution in [0.5, 0.6) is 5.95 Å². The summed E-state index contributed by atoms with van der Waals surface area (Å²) in [4.78, 5) is 14.8. The Labute approximate surface area is 92.2 Å². The van der Waals surface area contributed by atoms with E-state index >= 15 is 0 Å². The molecule has 6 nitrogen and oxygen atoms in total. The van der Waals surface area contributed by atoms with Gasteiger partial charge in [-0.25, -0.2) is 9.78 Å². The van der Waals surface area contributed by atoms with E-state index in [1.54, 1.807) is 6.92 Å². The topological polar surface area (TPSA) is 81.8 Å². The summed E-state index contributed by atoms with van der Waals surface area (Å²) in [5.41, 5.74) is -0.188. The van der Waals surface area contributed by atoms with Gasteiger partial charge in [-0.2, -0.15) is 0 Å². The molecule has 6 heteroatoms. The molecule has 1 fully saturated rings. The minimum absolute atomic E-state index is 0.0412. The molecule has 2 rings (SSSR count). The molecule has 1 aromatic rings. The second-order valence-electron chi connectivity index (χ2n) is 3.43. The van der Waals surface area contributed by atoms with E-state index in [1.165, 1.54) is 0 Å². The molecule has 1 N–H and O–H groups in total. The van der Waals surface area contributed by atoms with Crippen molar-refractivity contribution in [1.82, 2.24) is 4.98 Å². The van der Waals surface area contributed by atoms with Crippen molar-refractivity contribution in [2.45, 2.75) is 25.9 Å². The molecule has 0 aromatic carbocycles. The van der Waals surface area contributed by atoms with E-state index in [0.29, 0.717) is 19.1 Å². The molecule has 1 saturated heterocycles. The van der Waals surface area contributed by atoms with E-state index in [-0.39, 0.29) is 17.7 Å². The lowest BCUT2D eigenvalue weighted by Gasteiger charge is -2.02. The van der Waals surface area contributed by atoms with Gasteiger partial charge >= 0.3 is 11.9 Å². The van der Waals surface area contributed by atoms with Gasteiger partial charge in [-0.3, -0.25) is 0 Å². The number of carboxylic acids is 1. The molecule has 2 heterocycles. The third kappa shape index (κ3) is 2.01. The number of aromatic carboxylic acids is 1. The molecule has 0 spiro atoms. The van der Waals surface area contributed by atoms with Crippen molar-refractivity contribution >= 4 is 5.97 Å². The summed E-state index contributed by atoms with van der Waals surface area (Å²) in [7, 11) is 0. The van der Waals surface area contributed by atoms with Crippen molar-refractivity contribution in [1.29, 1.82) is 0 Å². The summed E-state index contributed by atoms with van der Waals surface area (Å²) in [6, 6.07) is 0. The maximum atomic E-state index is 10.9. The Bertz CT molecular complexity index is 381. The molecular weight excluding hydrogens is 214 g/mol. The predicted octanol–water partition coefficient (Wildman–Crippen LogP) is 1.62. The smallest absolute Gasteiger partial charge is 0.362 e. The largest absolute Gasteiger partial charge is 0.476 e. The first kappa shape index (κ1) is 10.9. The highest BCUT2D eigenvalue weighted by Crippen LogP contribution is 2.31. The summed E-state index contributed by atoms with van der Waals surface area (Å²) in [5, 5.41) is 8.91. The summed E-state index contributed by atoms with van der Waals surface area (Å²) in [6.45, 7) is 2.74. The maximum absolute atomic E-state index is 10.9. The van der Waals surface area contributed by atoms with Crippen LogP contribution in [0.25, 0.3) is 0 Å². The second-order valence-corrected chi connectivity index (χ2v) is 3.43. The van der Waals surface area contributed by atoms with Crippen LogP contribution in [0.15, 0.2) is 4.42 Å². The molecule has 0 amide bonds. The zero-order valence-electron chi connectivity index (χ0n) is 8.93. The number of oxazole rings is 1. The lowest BCUT2D eigenvalue weighted by Crippen LogP contribution is -2.02. The van der Waals surface area contributed by atoms with Gasteiger partial charge in [0.1, 0.15) is 6.10 Å². The lowest BCUT2D eigenvalue weighted by atomic mass is 10.2. The van der Waals surface area contributed by atoms with Crippen LogP contribution >= 0.6 is 0 Å². The monoisotopic (exact) mass is 227 g/mol. The van der Waals surface area contributed by atoms with Gasteiger partial charge in [0.15, 0.2) is 0 Å². The molecule has 16 heavy (non-hydrogen) atoms. The Morgan fingerprint density at radius 2 is 2.50 bits per heavy atom. The Morgan fingerprint density at radius 3 is 3.06 bits per heavy atom. The van der Waals surface area contributed by atoms with Crippen molar-refractivity contribution in [3.05, 3.63) is 11.6 Å². The highest BCUT2D eigenvalue weighted by molar-refractivity contribution is 5.87. The van der Waals surface area contributed by atoms with Crippen molar-refractivity contribution in [3.8, 4) is 5.95 Å². The molecule has 0 bridgehead atoms. The third-order valence-corrected chi connectivity index (χ3v) is 2.30. The quantitative estimate of drug-likeness (QED) is 0.841. The van der Waals surface area contributed by atoms with E-state index in [2.05, 4.69) is 4.98 Å². The fraction of sp³-hybridized carbons (Fsp3) is 0.600. The van der Waals surface area contributed by atoms with Crippen molar-refractivity contribution in [2.75, 3.05) is 13.2 Å². The third-order valence-electron chi connectivity index (χ3n) is 2.30. The first-order valence-electron chi connectivity index (χ1n) is 5.20. The molecule has 1 aliphatic heterocycles. The molecule has 1 atom stereocenters. The second kappa shape index (κ2) is 4.52. The van der Waals surface area contributed by atoms with E-state index in [4.69, 9.17) is 19.0 Å². The lowest BCUT2D eigenvalue weighted by molar-refractivity contribution is 0.0683. The average Bonchev–Trinajstić information content (AvgIpc) is 2.83. The number of hydrogen-bond acceptors (Lipinski definition) is 5. The molecular formula is C10H13NO5. The fourth-order valence-corrected chi connectivity index (χ4v) is 1.60. The van der Waals surface area contributed by atoms with Crippen LogP contribution in [-0.2, 0) is 4.74 Å². The Morgan fingerprint density at radius 1 is 1.69 bits per heavy atom. The van der Waals surface area contributed by atoms with E-state index < -0.39 is 5.97 Å². The van der Waals surface area contributed by atoms with Gasteiger partial charge in [0.2, 0.25) is 11.6 Å². The van der Waals surface area contributed by atoms with Gasteiger partial charge in [0, 0.05) is 6.61 Å². The highest BCUT2D eigenvalue weighted by Gasteiger charge is 2.28. The standard InChI is InChI=1S/C10H13NO5/c1-2-14-10-7(9(12)13)11-8(16-10)6-4-3-5-15-6/h6H,2-5H2,1H3,(H,12,13). The van der Waals surface area contributed by atoms with E-state index in [0.717, 1.165) is 12.8 Å². The van der Waals surface area contributed by atoms with Crippen molar-refractivity contribution in [2.24, 2.45) is 0 Å². The molecule has 0 radical (unpaired) electrons. The molecule has 88 valence electrons. The van der Waals surface area contributed by atoms with E-state index in [9.17, 15) is 4.79 Å². The summed E-state index contributed by atoms with van der Waals surface area (Å²) >= 11 is 0. The molecule has 1 unspecified atom stereocenters. The van der Waals surface area contributed by atoms with Gasteiger partial charge in [-0.05, 0) is 19.8 Å². The number of carbonyl (C=O) groups is 1. The highest BCUT2D eigenvalue weighted by atomic mass is 16.6. The van der Waals surface area contributed by atoms with Crippen LogP contribution in [0.3, 0.4) is 0 Å². The summed E-state index contributed by atoms with van der Waals surface area (Å²) in [5.74, 6) is -0.907. The van der Waals surface area contributed by atoms with Gasteiger partial charge in [0.05, 0.1) is 6.61 Å². The van der Waals surface area contributed by atoms with Crippen LogP contribution in [0, 0.1) is 0 Å². The van der Waals surface area contributed by atoms with Crippen LogP contribution in [-0.4, -0.2) is 29.3 Å². The minimum Gasteiger partial charge on any atom is -0.476 e. The zero-order valence-corrected chi connectivity index (χ0v) is 8.93. The van der Waals surface area contributed by atoms with E-state index in [1.807, 2.05) is 0 Å². The SMILES string of the molecule is CCOc1oc(C2CCCO2)nc1C(=O)O. The number of hydrogen-bond donors (Lipinski definition) is 1. The van der Waals surface area contributed by atoms with Crippen LogP contribution < -0.4 is 4.74 Å². The van der Waals surface area contributed by atoms with Gasteiger partial charge < -0.3 is 19.0 Å². The molecule has 1 aromatic heterocycles. The summed E-state index contributed by atoms with van der Waals surface area (Å²) < 4.78 is 15.7. The maximum Gasteiger partial charge on any atom is 0.362 e. The minimum atomic E-state index is -1.16. The summed E-state index contributed by atoms with van der Waals surface area (Å²) in [6.07, 6.45) is 1.48. The van der Waals surface area contributed by atoms with Crippen molar-refractivity contribution < 1.29 is 23.8 Å². The zero-order chi connectivity index (χ0) is 11.5. The molecule has 0 saturated carbocycles. The average molecular weight is 227 g/mol. The van der Waals surface area contributed by atoms with Crippen LogP contribution in [0.1, 0.15) is 42.2 Å². The van der Waals surface area contributed by atoms with Crippen LogP contribution in [0.2, 0.25) is 0 Å². The predicted molar refractivity (Wildman–Crippen MR) is 52.6 cm³/mol. The number of carboxylic acid groups (broad SMARTS) is 1. The first-order valence-corrected chi connectivity index (χ1v) is 5.20. The fourth-order valence-electron chi connectivity index (χ4n) is 1.60. The Hall–Kier alpha value is -1.56. The number of rotatable bonds is 4. The molecule has 1 aliphatic rings. The van der Waals surface area contributed by atoms with Gasteiger partial charge in [-0.15, -0.1) is 0 Å². The normalized spacial score (nSPS) is 19.9. The number of aromatic nitrogens is 1. The first-order chi connectivity index (χ1) is 7.72. The van der Waals surface area contributed by atoms with Crippen molar-refractivity contribution in [3.63, 3.8) is 0 Å². The van der Waals surface area contributed by atoms with Crippen LogP contribution in [0.4, 0.5) is 0 Å². The van der Waals surface area contributed by atoms with Gasteiger partial charge in [-0.1, -0.05) is 0 Å². The Kier molecular flexibility index (Phi) is 3.09. The van der Waals surface area contributed by atoms with Gasteiger partial charge in [0.25, 0.3) is 0 Å².